The van der Waals surface area contributed by atoms with Gasteiger partial charge in [-0.25, -0.2) is 13.2 Å². The zero-order valence-corrected chi connectivity index (χ0v) is 5.25. The molecule has 0 saturated carbocycles. The highest BCUT2D eigenvalue weighted by Crippen LogP contribution is 2.21. The van der Waals surface area contributed by atoms with E-state index in [4.69, 9.17) is 0 Å². The van der Waals surface area contributed by atoms with Crippen molar-refractivity contribution in [3.05, 3.63) is 0 Å². The Hall–Kier alpha value is -0.190. The van der Waals surface area contributed by atoms with Crippen LogP contribution < -0.4 is 0 Å². The van der Waals surface area contributed by atoms with E-state index in [0.717, 1.165) is 0 Å². The normalized spacial score (nSPS) is 15.1. The molecule has 0 rings (SSSR count). The Labute approximate surface area is 55.6 Å². The first-order valence-corrected chi connectivity index (χ1v) is 2.63. The van der Waals surface area contributed by atoms with Crippen molar-refractivity contribution in [1.82, 2.24) is 0 Å². The van der Waals surface area contributed by atoms with Crippen LogP contribution in [0.15, 0.2) is 0 Å². The van der Waals surface area contributed by atoms with E-state index in [0.29, 0.717) is 0 Å². The summed E-state index contributed by atoms with van der Waals surface area (Å²) in [4.78, 5) is 9.59. The van der Waals surface area contributed by atoms with Gasteiger partial charge in [0.05, 0.1) is 0 Å². The van der Waals surface area contributed by atoms with Gasteiger partial charge in [-0.3, -0.25) is 0 Å². The fourth-order valence-electron chi connectivity index (χ4n) is 0.179. The molecular weight excluding hydrogens is 153 g/mol. The van der Waals surface area contributed by atoms with Gasteiger partial charge >= 0.3 is 0 Å². The summed E-state index contributed by atoms with van der Waals surface area (Å²) >= 11 is 3.13. The molecular formula is C4H5F3OS. The van der Waals surface area contributed by atoms with Crippen LogP contribution in [0.25, 0.3) is 0 Å². The van der Waals surface area contributed by atoms with E-state index in [-0.39, 0.29) is 6.29 Å². The summed E-state index contributed by atoms with van der Waals surface area (Å²) in [5.74, 6) is -3.62. The second kappa shape index (κ2) is 3.10. The Morgan fingerprint density at radius 1 is 1.67 bits per heavy atom. The molecule has 9 heavy (non-hydrogen) atoms. The molecule has 0 N–H and O–H groups in total. The fourth-order valence-corrected chi connectivity index (χ4v) is 0.248. The van der Waals surface area contributed by atoms with Gasteiger partial charge in [-0.1, -0.05) is 0 Å². The first-order valence-electron chi connectivity index (χ1n) is 2.11. The SMILES string of the molecule is O=CC(S)C(F)(F)CF. The molecule has 0 aromatic carbocycles. The minimum Gasteiger partial charge on any atom is -0.302 e. The summed E-state index contributed by atoms with van der Waals surface area (Å²) in [6.07, 6.45) is -0.0946. The van der Waals surface area contributed by atoms with Gasteiger partial charge in [0.2, 0.25) is 0 Å². The summed E-state index contributed by atoms with van der Waals surface area (Å²) in [7, 11) is 0. The lowest BCUT2D eigenvalue weighted by atomic mass is 10.3. The van der Waals surface area contributed by atoms with Crippen molar-refractivity contribution in [2.75, 3.05) is 6.67 Å². The highest BCUT2D eigenvalue weighted by molar-refractivity contribution is 7.81. The van der Waals surface area contributed by atoms with Crippen molar-refractivity contribution < 1.29 is 18.0 Å². The second-order valence-corrected chi connectivity index (χ2v) is 2.03. The molecule has 0 aromatic rings. The van der Waals surface area contributed by atoms with Gasteiger partial charge in [0.25, 0.3) is 5.92 Å². The van der Waals surface area contributed by atoms with E-state index < -0.39 is 17.8 Å². The van der Waals surface area contributed by atoms with Crippen LogP contribution in [0, 0.1) is 0 Å². The third kappa shape index (κ3) is 2.26. The maximum absolute atomic E-state index is 11.9. The molecule has 0 aliphatic rings. The smallest absolute Gasteiger partial charge is 0.293 e. The summed E-state index contributed by atoms with van der Waals surface area (Å²) in [5.41, 5.74) is 0. The maximum Gasteiger partial charge on any atom is 0.293 e. The largest absolute Gasteiger partial charge is 0.302 e. The molecule has 0 fully saturated rings. The van der Waals surface area contributed by atoms with Crippen LogP contribution >= 0.6 is 12.6 Å². The predicted octanol–water partition coefficient (Wildman–Crippen LogP) is 1.09. The van der Waals surface area contributed by atoms with Crippen LogP contribution in [-0.4, -0.2) is 24.1 Å². The zero-order valence-electron chi connectivity index (χ0n) is 4.35. The number of rotatable bonds is 3. The zero-order chi connectivity index (χ0) is 7.49. The molecule has 1 unspecified atom stereocenters. The average Bonchev–Trinajstić information content (AvgIpc) is 1.86. The molecule has 0 amide bonds. The van der Waals surface area contributed by atoms with E-state index in [2.05, 4.69) is 12.6 Å². The monoisotopic (exact) mass is 158 g/mol. The molecule has 0 radical (unpaired) electrons. The molecule has 54 valence electrons. The Morgan fingerprint density at radius 3 is 2.22 bits per heavy atom. The molecule has 0 aromatic heterocycles. The lowest BCUT2D eigenvalue weighted by Gasteiger charge is -2.12. The molecule has 0 aliphatic heterocycles. The number of alkyl halides is 3. The molecule has 0 aliphatic carbocycles. The fraction of sp³-hybridized carbons (Fsp3) is 0.750. The van der Waals surface area contributed by atoms with Gasteiger partial charge in [-0.2, -0.15) is 12.6 Å². The molecule has 0 spiro atoms. The van der Waals surface area contributed by atoms with E-state index in [1.165, 1.54) is 0 Å². The highest BCUT2D eigenvalue weighted by Gasteiger charge is 2.37. The quantitative estimate of drug-likeness (QED) is 0.480. The van der Waals surface area contributed by atoms with Crippen LogP contribution in [0.3, 0.4) is 0 Å². The number of hydrogen-bond acceptors (Lipinski definition) is 2. The van der Waals surface area contributed by atoms with Crippen LogP contribution in [0.1, 0.15) is 0 Å². The number of carbonyl (C=O) groups excluding carboxylic acids is 1. The lowest BCUT2D eigenvalue weighted by Crippen LogP contribution is -2.32. The molecule has 0 heterocycles. The van der Waals surface area contributed by atoms with Gasteiger partial charge in [0.15, 0.2) is 6.67 Å². The van der Waals surface area contributed by atoms with Gasteiger partial charge < -0.3 is 4.79 Å². The van der Waals surface area contributed by atoms with Gasteiger partial charge in [-0.05, 0) is 0 Å². The minimum absolute atomic E-state index is 0.0946. The van der Waals surface area contributed by atoms with Crippen molar-refractivity contribution in [2.24, 2.45) is 0 Å². The van der Waals surface area contributed by atoms with Gasteiger partial charge in [-0.15, -0.1) is 0 Å². The van der Waals surface area contributed by atoms with Crippen LogP contribution in [0.5, 0.6) is 0 Å². The predicted molar refractivity (Wildman–Crippen MR) is 29.8 cm³/mol. The second-order valence-electron chi connectivity index (χ2n) is 1.48. The van der Waals surface area contributed by atoms with Crippen LogP contribution in [0.4, 0.5) is 13.2 Å². The molecule has 1 nitrogen and oxygen atoms in total. The first kappa shape index (κ1) is 8.81. The summed E-state index contributed by atoms with van der Waals surface area (Å²) in [6, 6.07) is 0. The van der Waals surface area contributed by atoms with Crippen molar-refractivity contribution in [3.63, 3.8) is 0 Å². The summed E-state index contributed by atoms with van der Waals surface area (Å²) in [6.45, 7) is -1.85. The van der Waals surface area contributed by atoms with Crippen LogP contribution in [0.2, 0.25) is 0 Å². The highest BCUT2D eigenvalue weighted by atomic mass is 32.1. The van der Waals surface area contributed by atoms with E-state index in [1.54, 1.807) is 0 Å². The number of aldehydes is 1. The summed E-state index contributed by atoms with van der Waals surface area (Å²) < 4.78 is 35.0. The van der Waals surface area contributed by atoms with Gasteiger partial charge in [0.1, 0.15) is 11.5 Å². The minimum atomic E-state index is -3.62. The Bertz CT molecular complexity index is 106. The number of halogens is 3. The van der Waals surface area contributed by atoms with Crippen molar-refractivity contribution in [1.29, 1.82) is 0 Å². The summed E-state index contributed by atoms with van der Waals surface area (Å²) in [5, 5.41) is -1.83. The third-order valence-electron chi connectivity index (χ3n) is 0.740. The average molecular weight is 158 g/mol. The van der Waals surface area contributed by atoms with Crippen LogP contribution in [-0.2, 0) is 4.79 Å². The number of hydrogen-bond donors (Lipinski definition) is 1. The van der Waals surface area contributed by atoms with Gasteiger partial charge in [0, 0.05) is 0 Å². The topological polar surface area (TPSA) is 17.1 Å². The van der Waals surface area contributed by atoms with E-state index >= 15 is 0 Å². The Balaban J connectivity index is 3.95. The number of carbonyl (C=O) groups is 1. The van der Waals surface area contributed by atoms with Crippen molar-refractivity contribution >= 4 is 18.9 Å². The molecule has 1 atom stereocenters. The first-order chi connectivity index (χ1) is 4.04. The maximum atomic E-state index is 11.9. The van der Waals surface area contributed by atoms with E-state index in [9.17, 15) is 18.0 Å². The lowest BCUT2D eigenvalue weighted by molar-refractivity contribution is -0.114. The number of thiol groups is 1. The standard InChI is InChI=1S/C4H5F3OS/c5-2-4(6,7)3(9)1-8/h1,3,9H,2H2. The van der Waals surface area contributed by atoms with Crippen molar-refractivity contribution in [3.8, 4) is 0 Å². The Morgan fingerprint density at radius 2 is 2.11 bits per heavy atom. The van der Waals surface area contributed by atoms with E-state index in [1.807, 2.05) is 0 Å². The molecule has 5 heteroatoms. The van der Waals surface area contributed by atoms with Crippen molar-refractivity contribution in [2.45, 2.75) is 11.2 Å². The molecule has 0 saturated heterocycles. The third-order valence-corrected chi connectivity index (χ3v) is 1.24. The Kier molecular flexibility index (Phi) is 3.03. The molecule has 0 bridgehead atoms.